The third-order valence-corrected chi connectivity index (χ3v) is 0.448. The highest BCUT2D eigenvalue weighted by atomic mass is 19.1. The van der Waals surface area contributed by atoms with Crippen molar-refractivity contribution in [3.8, 4) is 0 Å². The normalized spacial score (nSPS) is 10.0. The molecule has 0 aromatic rings. The van der Waals surface area contributed by atoms with Gasteiger partial charge in [0, 0.05) is 0 Å². The second-order valence-corrected chi connectivity index (χ2v) is 0.981. The van der Waals surface area contributed by atoms with Gasteiger partial charge in [0.05, 0.1) is 12.9 Å². The van der Waals surface area contributed by atoms with Crippen molar-refractivity contribution in [3.63, 3.8) is 0 Å². The van der Waals surface area contributed by atoms with Crippen molar-refractivity contribution in [3.05, 3.63) is 12.3 Å². The fourth-order valence-corrected chi connectivity index (χ4v) is 0.201. The highest BCUT2D eigenvalue weighted by Gasteiger charge is 1.66. The Morgan fingerprint density at radius 2 is 2.43 bits per heavy atom. The summed E-state index contributed by atoms with van der Waals surface area (Å²) in [5.74, 6) is 0. The molecular formula is C5H9FO. The molecule has 0 bridgehead atoms. The largest absolute Gasteiger partial charge is 0.502 e. The minimum Gasteiger partial charge on any atom is -0.502 e. The first-order chi connectivity index (χ1) is 3.41. The smallest absolute Gasteiger partial charge is 0.111 e. The lowest BCUT2D eigenvalue weighted by Gasteiger charge is -1.87. The van der Waals surface area contributed by atoms with E-state index in [-0.39, 0.29) is 0 Å². The maximum Gasteiger partial charge on any atom is 0.111 e. The van der Waals surface area contributed by atoms with Crippen LogP contribution in [0.4, 0.5) is 4.39 Å². The lowest BCUT2D eigenvalue weighted by Crippen LogP contribution is -1.75. The Kier molecular flexibility index (Phi) is 5.06. The maximum atomic E-state index is 11.1. The van der Waals surface area contributed by atoms with E-state index in [0.29, 0.717) is 6.61 Å². The van der Waals surface area contributed by atoms with E-state index >= 15 is 0 Å². The number of ether oxygens (including phenoxy) is 1. The minimum absolute atomic E-state index is 0.444. The average Bonchev–Trinajstić information content (AvgIpc) is 1.69. The summed E-state index contributed by atoms with van der Waals surface area (Å²) in [5, 5.41) is 0. The van der Waals surface area contributed by atoms with Crippen LogP contribution in [0.2, 0.25) is 0 Å². The zero-order valence-electron chi connectivity index (χ0n) is 4.36. The molecule has 0 unspecified atom stereocenters. The Labute approximate surface area is 42.8 Å². The first-order valence-corrected chi connectivity index (χ1v) is 2.24. The molecule has 0 fully saturated rings. The molecular weight excluding hydrogens is 95.1 g/mol. The molecule has 0 atom stereocenters. The molecule has 0 aliphatic rings. The van der Waals surface area contributed by atoms with Crippen LogP contribution in [0.15, 0.2) is 12.3 Å². The summed E-state index contributed by atoms with van der Waals surface area (Å²) in [5.41, 5.74) is 0. The van der Waals surface area contributed by atoms with Crippen LogP contribution in [-0.2, 0) is 4.74 Å². The summed E-state index contributed by atoms with van der Waals surface area (Å²) in [6.07, 6.45) is 2.68. The first kappa shape index (κ1) is 6.47. The fraction of sp³-hybridized carbons (Fsp3) is 0.600. The zero-order valence-corrected chi connectivity index (χ0v) is 4.36. The van der Waals surface area contributed by atoms with Crippen molar-refractivity contribution < 1.29 is 9.13 Å². The molecule has 7 heavy (non-hydrogen) atoms. The highest BCUT2D eigenvalue weighted by Crippen LogP contribution is 1.75. The van der Waals surface area contributed by atoms with Gasteiger partial charge in [-0.2, -0.15) is 0 Å². The van der Waals surface area contributed by atoms with Gasteiger partial charge >= 0.3 is 0 Å². The van der Waals surface area contributed by atoms with E-state index in [9.17, 15) is 4.39 Å². The number of halogens is 1. The van der Waals surface area contributed by atoms with Crippen LogP contribution in [0.25, 0.3) is 0 Å². The van der Waals surface area contributed by atoms with Gasteiger partial charge in [-0.1, -0.05) is 0 Å². The van der Waals surface area contributed by atoms with Crippen LogP contribution in [-0.4, -0.2) is 13.3 Å². The van der Waals surface area contributed by atoms with Gasteiger partial charge in [-0.15, -0.1) is 0 Å². The quantitative estimate of drug-likeness (QED) is 0.493. The molecule has 42 valence electrons. The third-order valence-electron chi connectivity index (χ3n) is 0.448. The first-order valence-electron chi connectivity index (χ1n) is 2.24. The van der Waals surface area contributed by atoms with Gasteiger partial charge in [0.15, 0.2) is 0 Å². The van der Waals surface area contributed by atoms with Crippen LogP contribution in [0.5, 0.6) is 0 Å². The van der Waals surface area contributed by atoms with E-state index in [4.69, 9.17) is 0 Å². The van der Waals surface area contributed by atoms with Crippen molar-refractivity contribution in [2.75, 3.05) is 13.3 Å². The highest BCUT2D eigenvalue weighted by molar-refractivity contribution is 4.70. The Bertz CT molecular complexity index is 52.0. The summed E-state index contributed by atoms with van der Waals surface area (Å²) < 4.78 is 15.8. The predicted molar refractivity (Wildman–Crippen MR) is 26.7 cm³/mol. The second kappa shape index (κ2) is 5.47. The van der Waals surface area contributed by atoms with E-state index in [2.05, 4.69) is 4.74 Å². The van der Waals surface area contributed by atoms with Crippen LogP contribution >= 0.6 is 0 Å². The molecule has 0 saturated carbocycles. The summed E-state index contributed by atoms with van der Waals surface area (Å²) >= 11 is 0. The van der Waals surface area contributed by atoms with Crippen LogP contribution in [0, 0.1) is 0 Å². The molecule has 0 heterocycles. The Balaban J connectivity index is 2.78. The Morgan fingerprint density at radius 3 is 2.86 bits per heavy atom. The summed E-state index contributed by atoms with van der Waals surface area (Å²) in [4.78, 5) is 0. The monoisotopic (exact) mass is 104 g/mol. The minimum atomic E-state index is -0.444. The summed E-state index contributed by atoms with van der Waals surface area (Å²) in [7, 11) is 0. The standard InChI is InChI=1S/C5H9FO/c1-2-7-5-3-4-6/h3,5H,2,4H2,1H3. The SMILES string of the molecule is CCOC=CCF. The molecule has 0 amide bonds. The number of hydrogen-bond donors (Lipinski definition) is 0. The van der Waals surface area contributed by atoms with Crippen molar-refractivity contribution in [1.82, 2.24) is 0 Å². The van der Waals surface area contributed by atoms with Crippen molar-refractivity contribution in [2.24, 2.45) is 0 Å². The van der Waals surface area contributed by atoms with E-state index in [0.717, 1.165) is 0 Å². The number of rotatable bonds is 3. The van der Waals surface area contributed by atoms with E-state index in [1.165, 1.54) is 12.3 Å². The molecule has 0 N–H and O–H groups in total. The van der Waals surface area contributed by atoms with Gasteiger partial charge < -0.3 is 4.74 Å². The molecule has 0 rings (SSSR count). The number of allylic oxidation sites excluding steroid dienone is 1. The van der Waals surface area contributed by atoms with Gasteiger partial charge in [0.2, 0.25) is 0 Å². The lowest BCUT2D eigenvalue weighted by atomic mass is 10.7. The molecule has 0 spiro atoms. The Hall–Kier alpha value is -0.530. The maximum absolute atomic E-state index is 11.1. The molecule has 0 aliphatic heterocycles. The van der Waals surface area contributed by atoms with E-state index < -0.39 is 6.67 Å². The van der Waals surface area contributed by atoms with Gasteiger partial charge in [-0.05, 0) is 13.0 Å². The van der Waals surface area contributed by atoms with Crippen molar-refractivity contribution in [1.29, 1.82) is 0 Å². The molecule has 0 radical (unpaired) electrons. The van der Waals surface area contributed by atoms with Gasteiger partial charge in [0.1, 0.15) is 6.67 Å². The molecule has 0 aliphatic carbocycles. The van der Waals surface area contributed by atoms with Crippen LogP contribution in [0.1, 0.15) is 6.92 Å². The summed E-state index contributed by atoms with van der Waals surface area (Å²) in [6, 6.07) is 0. The lowest BCUT2D eigenvalue weighted by molar-refractivity contribution is 0.267. The van der Waals surface area contributed by atoms with Gasteiger partial charge in [0.25, 0.3) is 0 Å². The van der Waals surface area contributed by atoms with E-state index in [1.54, 1.807) is 0 Å². The molecule has 0 aromatic heterocycles. The van der Waals surface area contributed by atoms with Gasteiger partial charge in [-0.25, -0.2) is 4.39 Å². The van der Waals surface area contributed by atoms with Crippen molar-refractivity contribution >= 4 is 0 Å². The number of alkyl halides is 1. The van der Waals surface area contributed by atoms with Crippen LogP contribution in [0.3, 0.4) is 0 Å². The third kappa shape index (κ3) is 5.47. The van der Waals surface area contributed by atoms with Crippen LogP contribution < -0.4 is 0 Å². The van der Waals surface area contributed by atoms with E-state index in [1.807, 2.05) is 6.92 Å². The topological polar surface area (TPSA) is 9.23 Å². The predicted octanol–water partition coefficient (Wildman–Crippen LogP) is 1.51. The second-order valence-electron chi connectivity index (χ2n) is 0.981. The molecule has 0 aromatic carbocycles. The Morgan fingerprint density at radius 1 is 1.71 bits per heavy atom. The number of hydrogen-bond acceptors (Lipinski definition) is 1. The van der Waals surface area contributed by atoms with Crippen molar-refractivity contribution in [2.45, 2.75) is 6.92 Å². The molecule has 1 nitrogen and oxygen atoms in total. The zero-order chi connectivity index (χ0) is 5.54. The fourth-order valence-electron chi connectivity index (χ4n) is 0.201. The average molecular weight is 104 g/mol. The molecule has 2 heteroatoms. The summed E-state index contributed by atoms with van der Waals surface area (Å²) in [6.45, 7) is 2.01. The molecule has 0 saturated heterocycles. The van der Waals surface area contributed by atoms with Gasteiger partial charge in [-0.3, -0.25) is 0 Å².